The van der Waals surface area contributed by atoms with Gasteiger partial charge in [0.05, 0.1) is 16.5 Å². The van der Waals surface area contributed by atoms with Crippen LogP contribution in [0.15, 0.2) is 47.4 Å². The number of esters is 1. The summed E-state index contributed by atoms with van der Waals surface area (Å²) < 4.78 is 43.9. The van der Waals surface area contributed by atoms with Crippen molar-refractivity contribution in [3.8, 4) is 17.6 Å². The lowest BCUT2D eigenvalue weighted by molar-refractivity contribution is -0.156. The van der Waals surface area contributed by atoms with Crippen LogP contribution in [-0.4, -0.2) is 56.5 Å². The molecule has 2 aliphatic heterocycles. The first kappa shape index (κ1) is 23.5. The van der Waals surface area contributed by atoms with Crippen LogP contribution >= 0.6 is 0 Å². The lowest BCUT2D eigenvalue weighted by Crippen LogP contribution is -2.43. The van der Waals surface area contributed by atoms with E-state index in [-0.39, 0.29) is 17.9 Å². The first-order valence-electron chi connectivity index (χ1n) is 10.7. The smallest absolute Gasteiger partial charge is 0.325 e. The molecule has 4 rings (SSSR count). The maximum atomic E-state index is 13.3. The van der Waals surface area contributed by atoms with Crippen LogP contribution in [-0.2, 0) is 24.3 Å². The summed E-state index contributed by atoms with van der Waals surface area (Å²) in [5.41, 5.74) is 0.883. The van der Waals surface area contributed by atoms with Gasteiger partial charge in [-0.1, -0.05) is 0 Å². The number of carbonyl (C=O) groups excluding carboxylic acids is 2. The number of ether oxygens (including phenoxy) is 3. The molecule has 0 spiro atoms. The molecule has 1 N–H and O–H groups in total. The van der Waals surface area contributed by atoms with E-state index in [4.69, 9.17) is 19.5 Å². The van der Waals surface area contributed by atoms with Gasteiger partial charge in [-0.25, -0.2) is 8.42 Å². The molecule has 0 bridgehead atoms. The second-order valence-corrected chi connectivity index (χ2v) is 9.73. The Morgan fingerprint density at radius 3 is 2.56 bits per heavy atom. The zero-order valence-electron chi connectivity index (χ0n) is 18.4. The molecule has 0 aromatic heterocycles. The first-order chi connectivity index (χ1) is 16.3. The van der Waals surface area contributed by atoms with Crippen molar-refractivity contribution in [3.05, 3.63) is 48.0 Å². The lowest BCUT2D eigenvalue weighted by Gasteiger charge is -2.25. The van der Waals surface area contributed by atoms with Crippen LogP contribution < -0.4 is 14.8 Å². The molecule has 0 saturated carbocycles. The summed E-state index contributed by atoms with van der Waals surface area (Å²) in [4.78, 5) is 25.3. The van der Waals surface area contributed by atoms with Crippen molar-refractivity contribution in [1.82, 2.24) is 4.31 Å². The largest absolute Gasteiger partial charge is 0.486 e. The second kappa shape index (κ2) is 9.70. The topological polar surface area (TPSA) is 135 Å². The average Bonchev–Trinajstić information content (AvgIpc) is 3.35. The van der Waals surface area contributed by atoms with E-state index in [0.29, 0.717) is 42.4 Å². The molecular formula is C23H23N3O7S. The van der Waals surface area contributed by atoms with E-state index in [1.807, 2.05) is 6.07 Å². The quantitative estimate of drug-likeness (QED) is 0.614. The number of nitrogens with one attached hydrogen (secondary N) is 1. The molecule has 2 aromatic carbocycles. The molecule has 178 valence electrons. The number of carbonyl (C=O) groups is 2. The molecule has 11 heteroatoms. The normalized spacial score (nSPS) is 18.5. The molecule has 10 nitrogen and oxygen atoms in total. The number of anilines is 1. The van der Waals surface area contributed by atoms with E-state index in [0.717, 1.165) is 4.31 Å². The Morgan fingerprint density at radius 2 is 1.85 bits per heavy atom. The standard InChI is InChI=1S/C23H23N3O7S/c1-15(22(27)25-17-6-4-16(14-24)5-7-17)33-23(28)19-3-2-10-26(19)34(29,30)18-8-9-20-21(13-18)32-12-11-31-20/h4-9,13,15,19H,2-3,10-12H2,1H3,(H,25,27)/t15-,19+/m0/s1. The third-order valence-electron chi connectivity index (χ3n) is 5.54. The van der Waals surface area contributed by atoms with E-state index in [1.54, 1.807) is 24.3 Å². The van der Waals surface area contributed by atoms with Crippen LogP contribution in [0.25, 0.3) is 0 Å². The van der Waals surface area contributed by atoms with Crippen molar-refractivity contribution in [2.45, 2.75) is 36.8 Å². The number of hydrogen-bond donors (Lipinski definition) is 1. The fraction of sp³-hybridized carbons (Fsp3) is 0.348. The van der Waals surface area contributed by atoms with Gasteiger partial charge in [0.25, 0.3) is 5.91 Å². The van der Waals surface area contributed by atoms with Crippen molar-refractivity contribution in [3.63, 3.8) is 0 Å². The molecule has 1 saturated heterocycles. The minimum atomic E-state index is -4.01. The fourth-order valence-electron chi connectivity index (χ4n) is 3.76. The Hall–Kier alpha value is -3.62. The fourth-order valence-corrected chi connectivity index (χ4v) is 5.42. The van der Waals surface area contributed by atoms with E-state index in [2.05, 4.69) is 5.32 Å². The third-order valence-corrected chi connectivity index (χ3v) is 7.44. The van der Waals surface area contributed by atoms with Gasteiger partial charge in [0.2, 0.25) is 10.0 Å². The minimum Gasteiger partial charge on any atom is -0.486 e. The summed E-state index contributed by atoms with van der Waals surface area (Å²) in [6, 6.07) is 11.5. The van der Waals surface area contributed by atoms with Gasteiger partial charge in [-0.05, 0) is 56.2 Å². The van der Waals surface area contributed by atoms with Crippen molar-refractivity contribution < 1.29 is 32.2 Å². The molecule has 2 heterocycles. The number of nitriles is 1. The maximum Gasteiger partial charge on any atom is 0.325 e. The zero-order valence-corrected chi connectivity index (χ0v) is 19.2. The molecule has 1 fully saturated rings. The maximum absolute atomic E-state index is 13.3. The van der Waals surface area contributed by atoms with Gasteiger partial charge in [-0.3, -0.25) is 9.59 Å². The molecule has 0 unspecified atom stereocenters. The van der Waals surface area contributed by atoms with Gasteiger partial charge in [-0.15, -0.1) is 0 Å². The number of nitrogens with zero attached hydrogens (tertiary/aromatic N) is 2. The predicted molar refractivity (Wildman–Crippen MR) is 120 cm³/mol. The number of rotatable bonds is 6. The summed E-state index contributed by atoms with van der Waals surface area (Å²) in [5.74, 6) is -0.568. The Bertz CT molecular complexity index is 1240. The van der Waals surface area contributed by atoms with E-state index in [1.165, 1.54) is 25.1 Å². The number of sulfonamides is 1. The molecule has 0 radical (unpaired) electrons. The molecule has 2 atom stereocenters. The van der Waals surface area contributed by atoms with Crippen LogP contribution in [0.3, 0.4) is 0 Å². The zero-order chi connectivity index (χ0) is 24.3. The Morgan fingerprint density at radius 1 is 1.15 bits per heavy atom. The molecule has 34 heavy (non-hydrogen) atoms. The van der Waals surface area contributed by atoms with Crippen molar-refractivity contribution in [2.24, 2.45) is 0 Å². The van der Waals surface area contributed by atoms with Crippen molar-refractivity contribution >= 4 is 27.6 Å². The highest BCUT2D eigenvalue weighted by Crippen LogP contribution is 2.35. The van der Waals surface area contributed by atoms with Gasteiger partial charge in [0.1, 0.15) is 19.3 Å². The summed E-state index contributed by atoms with van der Waals surface area (Å²) >= 11 is 0. The number of fused-ring (bicyclic) bond motifs is 1. The number of hydrogen-bond acceptors (Lipinski definition) is 8. The van der Waals surface area contributed by atoms with Crippen LogP contribution in [0.4, 0.5) is 5.69 Å². The Balaban J connectivity index is 1.43. The summed E-state index contributed by atoms with van der Waals surface area (Å²) in [6.45, 7) is 2.27. The molecule has 0 aliphatic carbocycles. The van der Waals surface area contributed by atoms with E-state index in [9.17, 15) is 18.0 Å². The van der Waals surface area contributed by atoms with Crippen molar-refractivity contribution in [1.29, 1.82) is 5.26 Å². The van der Waals surface area contributed by atoms with Crippen molar-refractivity contribution in [2.75, 3.05) is 25.1 Å². The monoisotopic (exact) mass is 485 g/mol. The van der Waals surface area contributed by atoms with Crippen LogP contribution in [0, 0.1) is 11.3 Å². The van der Waals surface area contributed by atoms with Gasteiger partial charge >= 0.3 is 5.97 Å². The first-order valence-corrected chi connectivity index (χ1v) is 12.2. The van der Waals surface area contributed by atoms with Crippen LogP contribution in [0.1, 0.15) is 25.3 Å². The molecular weight excluding hydrogens is 462 g/mol. The highest BCUT2D eigenvalue weighted by Gasteiger charge is 2.41. The summed E-state index contributed by atoms with van der Waals surface area (Å²) in [6.07, 6.45) is -0.385. The van der Waals surface area contributed by atoms with E-state index < -0.39 is 34.0 Å². The Kier molecular flexibility index (Phi) is 6.72. The molecule has 2 aromatic rings. The van der Waals surface area contributed by atoms with Gasteiger partial charge in [-0.2, -0.15) is 9.57 Å². The highest BCUT2D eigenvalue weighted by atomic mass is 32.2. The van der Waals surface area contributed by atoms with Gasteiger partial charge in [0.15, 0.2) is 17.6 Å². The van der Waals surface area contributed by atoms with Gasteiger partial charge in [0, 0.05) is 18.3 Å². The summed E-state index contributed by atoms with van der Waals surface area (Å²) in [5, 5.41) is 11.5. The predicted octanol–water partition coefficient (Wildman–Crippen LogP) is 2.05. The third kappa shape index (κ3) is 4.83. The van der Waals surface area contributed by atoms with Crippen LogP contribution in [0.5, 0.6) is 11.5 Å². The van der Waals surface area contributed by atoms with Crippen LogP contribution in [0.2, 0.25) is 0 Å². The molecule has 1 amide bonds. The average molecular weight is 486 g/mol. The number of benzene rings is 2. The Labute approximate surface area is 197 Å². The van der Waals surface area contributed by atoms with Gasteiger partial charge < -0.3 is 19.5 Å². The molecule has 2 aliphatic rings. The highest BCUT2D eigenvalue weighted by molar-refractivity contribution is 7.89. The minimum absolute atomic E-state index is 0.0111. The number of amides is 1. The lowest BCUT2D eigenvalue weighted by atomic mass is 10.2. The second-order valence-electron chi connectivity index (χ2n) is 7.84. The van der Waals surface area contributed by atoms with E-state index >= 15 is 0 Å². The summed E-state index contributed by atoms with van der Waals surface area (Å²) in [7, 11) is -4.01. The SMILES string of the molecule is C[C@H](OC(=O)[C@H]1CCCN1S(=O)(=O)c1ccc2c(c1)OCCO2)C(=O)Nc1ccc(C#N)cc1.